The van der Waals surface area contributed by atoms with Gasteiger partial charge >= 0.3 is 5.97 Å². The summed E-state index contributed by atoms with van der Waals surface area (Å²) in [7, 11) is 0. The van der Waals surface area contributed by atoms with Gasteiger partial charge in [-0.2, -0.15) is 0 Å². The molecule has 8 nitrogen and oxygen atoms in total. The molecule has 0 bridgehead atoms. The molecule has 0 radical (unpaired) electrons. The minimum Gasteiger partial charge on any atom is -0.466 e. The third kappa shape index (κ3) is 3.75. The number of rotatable bonds is 5. The van der Waals surface area contributed by atoms with Crippen LogP contribution in [0.2, 0.25) is 0 Å². The molecule has 1 saturated heterocycles. The number of esters is 1. The Bertz CT molecular complexity index is 1250. The molecule has 2 fully saturated rings. The van der Waals surface area contributed by atoms with Crippen LogP contribution in [0.5, 0.6) is 0 Å². The molecule has 5 rings (SSSR count). The third-order valence-corrected chi connectivity index (χ3v) is 6.51. The van der Waals surface area contributed by atoms with E-state index in [0.29, 0.717) is 24.2 Å². The lowest BCUT2D eigenvalue weighted by Crippen LogP contribution is -2.42. The van der Waals surface area contributed by atoms with Crippen LogP contribution in [-0.4, -0.2) is 28.7 Å². The predicted octanol–water partition coefficient (Wildman–Crippen LogP) is 3.53. The molecule has 2 aromatic heterocycles. The first-order valence-corrected chi connectivity index (χ1v) is 11.1. The SMILES string of the molecule is O=C(OCc1ccco1)[C@H]1C(=O)N(C2CCCCC2)C(=O)[C@@H]1c1coc2ccccc2c1=O. The van der Waals surface area contributed by atoms with Gasteiger partial charge in [0.2, 0.25) is 11.8 Å². The summed E-state index contributed by atoms with van der Waals surface area (Å²) in [4.78, 5) is 54.5. The molecule has 1 aliphatic carbocycles. The minimum absolute atomic E-state index is 0.00897. The largest absolute Gasteiger partial charge is 0.466 e. The molecule has 3 aromatic rings. The molecule has 2 aliphatic rings. The highest BCUT2D eigenvalue weighted by Crippen LogP contribution is 2.39. The van der Waals surface area contributed by atoms with Crippen LogP contribution in [-0.2, 0) is 25.7 Å². The number of furan rings is 1. The van der Waals surface area contributed by atoms with Crippen molar-refractivity contribution in [1.82, 2.24) is 4.90 Å². The van der Waals surface area contributed by atoms with E-state index in [4.69, 9.17) is 13.6 Å². The van der Waals surface area contributed by atoms with Crippen LogP contribution >= 0.6 is 0 Å². The van der Waals surface area contributed by atoms with Crippen LogP contribution in [0.15, 0.2) is 62.6 Å². The predicted molar refractivity (Wildman–Crippen MR) is 116 cm³/mol. The number of para-hydroxylation sites is 1. The normalized spacial score (nSPS) is 21.6. The second-order valence-electron chi connectivity index (χ2n) is 8.50. The van der Waals surface area contributed by atoms with Gasteiger partial charge in [0.15, 0.2) is 11.3 Å². The molecule has 0 spiro atoms. The Morgan fingerprint density at radius 2 is 1.76 bits per heavy atom. The fourth-order valence-corrected chi connectivity index (χ4v) is 4.88. The maximum atomic E-state index is 13.5. The van der Waals surface area contributed by atoms with Crippen LogP contribution < -0.4 is 5.43 Å². The zero-order chi connectivity index (χ0) is 22.9. The summed E-state index contributed by atoms with van der Waals surface area (Å²) in [6.45, 7) is -0.174. The molecular weight excluding hydrogens is 426 g/mol. The topological polar surface area (TPSA) is 107 Å². The average Bonchev–Trinajstić information content (AvgIpc) is 3.44. The molecule has 1 aromatic carbocycles. The van der Waals surface area contributed by atoms with E-state index in [2.05, 4.69) is 0 Å². The van der Waals surface area contributed by atoms with Gasteiger partial charge in [0.05, 0.1) is 23.8 Å². The maximum absolute atomic E-state index is 13.5. The van der Waals surface area contributed by atoms with Crippen molar-refractivity contribution in [3.05, 3.63) is 70.5 Å². The average molecular weight is 449 g/mol. The van der Waals surface area contributed by atoms with E-state index in [0.717, 1.165) is 19.3 Å². The van der Waals surface area contributed by atoms with Crippen LogP contribution in [0.4, 0.5) is 0 Å². The van der Waals surface area contributed by atoms with E-state index >= 15 is 0 Å². The highest BCUT2D eigenvalue weighted by molar-refractivity contribution is 6.16. The van der Waals surface area contributed by atoms with Gasteiger partial charge < -0.3 is 13.6 Å². The van der Waals surface area contributed by atoms with Crippen molar-refractivity contribution in [3.63, 3.8) is 0 Å². The number of benzene rings is 1. The number of hydrogen-bond donors (Lipinski definition) is 0. The van der Waals surface area contributed by atoms with Gasteiger partial charge in [-0.3, -0.25) is 24.1 Å². The fourth-order valence-electron chi connectivity index (χ4n) is 4.88. The number of imide groups is 1. The summed E-state index contributed by atoms with van der Waals surface area (Å²) in [6, 6.07) is 9.67. The lowest BCUT2D eigenvalue weighted by Gasteiger charge is -2.29. The summed E-state index contributed by atoms with van der Waals surface area (Å²) < 4.78 is 16.1. The zero-order valence-electron chi connectivity index (χ0n) is 17.9. The van der Waals surface area contributed by atoms with Gasteiger partial charge in [0.25, 0.3) is 0 Å². The van der Waals surface area contributed by atoms with Crippen molar-refractivity contribution in [1.29, 1.82) is 0 Å². The zero-order valence-corrected chi connectivity index (χ0v) is 17.9. The van der Waals surface area contributed by atoms with E-state index < -0.39 is 35.0 Å². The number of hydrogen-bond acceptors (Lipinski definition) is 7. The Balaban J connectivity index is 1.54. The second kappa shape index (κ2) is 8.69. The van der Waals surface area contributed by atoms with Gasteiger partial charge in [0.1, 0.15) is 18.0 Å². The number of carbonyl (C=O) groups excluding carboxylic acids is 3. The van der Waals surface area contributed by atoms with Gasteiger partial charge in [-0.1, -0.05) is 31.4 Å². The van der Waals surface area contributed by atoms with Crippen LogP contribution in [0.1, 0.15) is 49.3 Å². The number of carbonyl (C=O) groups is 3. The second-order valence-corrected chi connectivity index (χ2v) is 8.50. The molecule has 170 valence electrons. The first-order valence-electron chi connectivity index (χ1n) is 11.1. The number of fused-ring (bicyclic) bond motifs is 1. The molecule has 2 amide bonds. The number of amides is 2. The number of ether oxygens (including phenoxy) is 1. The van der Waals surface area contributed by atoms with Crippen LogP contribution in [0.3, 0.4) is 0 Å². The van der Waals surface area contributed by atoms with Gasteiger partial charge in [0, 0.05) is 11.6 Å². The van der Waals surface area contributed by atoms with Crippen molar-refractivity contribution >= 4 is 28.8 Å². The number of likely N-dealkylation sites (tertiary alicyclic amines) is 1. The van der Waals surface area contributed by atoms with E-state index in [1.807, 2.05) is 0 Å². The van der Waals surface area contributed by atoms with Crippen molar-refractivity contribution in [2.75, 3.05) is 0 Å². The standard InChI is InChI=1S/C25H23NO7/c27-22-17-10-4-5-11-19(17)32-14-18(22)20-21(25(30)33-13-16-9-6-12-31-16)24(29)26(23(20)28)15-7-2-1-3-8-15/h4-6,9-12,14-15,20-21H,1-3,7-8,13H2/t20-,21-/m1/s1. The van der Waals surface area contributed by atoms with E-state index in [9.17, 15) is 19.2 Å². The van der Waals surface area contributed by atoms with Crippen LogP contribution in [0.25, 0.3) is 11.0 Å². The summed E-state index contributed by atoms with van der Waals surface area (Å²) in [5.41, 5.74) is -0.0771. The molecule has 33 heavy (non-hydrogen) atoms. The Kier molecular flexibility index (Phi) is 5.58. The first-order chi connectivity index (χ1) is 16.1. The Hall–Kier alpha value is -3.68. The lowest BCUT2D eigenvalue weighted by atomic mass is 9.88. The summed E-state index contributed by atoms with van der Waals surface area (Å²) in [5, 5.41) is 0.286. The highest BCUT2D eigenvalue weighted by atomic mass is 16.5. The summed E-state index contributed by atoms with van der Waals surface area (Å²) in [5.74, 6) is -4.35. The van der Waals surface area contributed by atoms with Gasteiger partial charge in [-0.25, -0.2) is 0 Å². The van der Waals surface area contributed by atoms with Crippen molar-refractivity contribution in [3.8, 4) is 0 Å². The first kappa shape index (κ1) is 21.2. The van der Waals surface area contributed by atoms with Crippen molar-refractivity contribution in [2.45, 2.75) is 50.7 Å². The summed E-state index contributed by atoms with van der Waals surface area (Å²) >= 11 is 0. The van der Waals surface area contributed by atoms with Gasteiger partial charge in [-0.15, -0.1) is 0 Å². The molecular formula is C25H23NO7. The van der Waals surface area contributed by atoms with Crippen LogP contribution in [0, 0.1) is 5.92 Å². The molecule has 3 heterocycles. The van der Waals surface area contributed by atoms with Gasteiger partial charge in [-0.05, 0) is 37.1 Å². The fraction of sp³-hybridized carbons (Fsp3) is 0.360. The molecule has 2 atom stereocenters. The Morgan fingerprint density at radius 3 is 2.52 bits per heavy atom. The smallest absolute Gasteiger partial charge is 0.320 e. The summed E-state index contributed by atoms with van der Waals surface area (Å²) in [6.07, 6.45) is 6.85. The molecule has 0 unspecified atom stereocenters. The maximum Gasteiger partial charge on any atom is 0.320 e. The Labute approximate surface area is 189 Å². The molecule has 0 N–H and O–H groups in total. The van der Waals surface area contributed by atoms with Crippen molar-refractivity contribution in [2.24, 2.45) is 5.92 Å². The Morgan fingerprint density at radius 1 is 0.970 bits per heavy atom. The van der Waals surface area contributed by atoms with E-state index in [-0.39, 0.29) is 23.6 Å². The number of nitrogens with zero attached hydrogens (tertiary/aromatic N) is 1. The van der Waals surface area contributed by atoms with E-state index in [1.165, 1.54) is 17.4 Å². The third-order valence-electron chi connectivity index (χ3n) is 6.51. The quantitative estimate of drug-likeness (QED) is 0.333. The van der Waals surface area contributed by atoms with E-state index in [1.54, 1.807) is 36.4 Å². The lowest BCUT2D eigenvalue weighted by molar-refractivity contribution is -0.155. The highest BCUT2D eigenvalue weighted by Gasteiger charge is 2.55. The molecule has 8 heteroatoms. The monoisotopic (exact) mass is 449 g/mol. The van der Waals surface area contributed by atoms with Crippen molar-refractivity contribution < 1.29 is 28.0 Å². The molecule has 1 saturated carbocycles. The molecule has 1 aliphatic heterocycles. The minimum atomic E-state index is -1.45.